The Bertz CT molecular complexity index is 765. The van der Waals surface area contributed by atoms with Gasteiger partial charge in [-0.05, 0) is 35.8 Å². The highest BCUT2D eigenvalue weighted by molar-refractivity contribution is 9.10. The van der Waals surface area contributed by atoms with Crippen molar-refractivity contribution in [2.24, 2.45) is 0 Å². The number of nitrogens with zero attached hydrogens (tertiary/aromatic N) is 2. The standard InChI is InChI=1S/C15H14BrClN2O6S/c1-15(7-17)11(18-12(20)10(16)13(18)26(15)24)14(21)25-6-8-2-4-9(5-3-8)19(22)23/h2-5,10-11,13H,6-7H2,1H3/t10?,11-,13-,15-,26?/m0/s1. The molecule has 26 heavy (non-hydrogen) atoms. The number of carbonyl (C=O) groups is 2. The Morgan fingerprint density at radius 1 is 1.46 bits per heavy atom. The second-order valence-electron chi connectivity index (χ2n) is 6.22. The molecule has 5 atom stereocenters. The third kappa shape index (κ3) is 2.88. The van der Waals surface area contributed by atoms with Gasteiger partial charge in [0.2, 0.25) is 11.3 Å². The maximum Gasteiger partial charge on any atom is 0.334 e. The van der Waals surface area contributed by atoms with Crippen LogP contribution in [0, 0.1) is 10.1 Å². The molecule has 140 valence electrons. The normalized spacial score (nSPS) is 32.8. The number of rotatable bonds is 5. The molecule has 3 rings (SSSR count). The molecule has 8 nitrogen and oxygen atoms in total. The average Bonchev–Trinajstić information content (AvgIpc) is 2.85. The predicted octanol–water partition coefficient (Wildman–Crippen LogP) is 1.70. The van der Waals surface area contributed by atoms with Crippen LogP contribution in [0.3, 0.4) is 0 Å². The predicted molar refractivity (Wildman–Crippen MR) is 97.3 cm³/mol. The van der Waals surface area contributed by atoms with Crippen LogP contribution in [0.1, 0.15) is 12.5 Å². The van der Waals surface area contributed by atoms with Crippen LogP contribution in [0.5, 0.6) is 0 Å². The fraction of sp³-hybridized carbons (Fsp3) is 0.467. The first-order valence-electron chi connectivity index (χ1n) is 7.55. The van der Waals surface area contributed by atoms with Crippen molar-refractivity contribution in [2.75, 3.05) is 5.88 Å². The molecular formula is C15H14BrClN2O6S. The van der Waals surface area contributed by atoms with Crippen LogP contribution in [-0.2, 0) is 32.1 Å². The topological polar surface area (TPSA) is 113 Å². The van der Waals surface area contributed by atoms with Crippen LogP contribution < -0.4 is 0 Å². The summed E-state index contributed by atoms with van der Waals surface area (Å²) in [5, 5.41) is 10.0. The van der Waals surface area contributed by atoms with Crippen LogP contribution in [0.4, 0.5) is 5.69 Å². The molecule has 11 heteroatoms. The van der Waals surface area contributed by atoms with Gasteiger partial charge >= 0.3 is 5.97 Å². The lowest BCUT2D eigenvalue weighted by Crippen LogP contribution is -2.64. The van der Waals surface area contributed by atoms with Gasteiger partial charge in [-0.3, -0.25) is 19.8 Å². The summed E-state index contributed by atoms with van der Waals surface area (Å²) in [6.45, 7) is 1.47. The molecule has 2 aliphatic rings. The molecule has 2 unspecified atom stereocenters. The number of fused-ring (bicyclic) bond motifs is 1. The van der Waals surface area contributed by atoms with E-state index in [1.807, 2.05) is 0 Å². The third-order valence-electron chi connectivity index (χ3n) is 4.57. The number of hydrogen-bond donors (Lipinski definition) is 0. The molecule has 0 aromatic heterocycles. The Labute approximate surface area is 165 Å². The first kappa shape index (κ1) is 19.4. The highest BCUT2D eigenvalue weighted by atomic mass is 79.9. The molecule has 0 aliphatic carbocycles. The second kappa shape index (κ2) is 6.99. The highest BCUT2D eigenvalue weighted by Crippen LogP contribution is 2.49. The van der Waals surface area contributed by atoms with Crippen LogP contribution in [0.25, 0.3) is 0 Å². The van der Waals surface area contributed by atoms with Crippen molar-refractivity contribution in [3.63, 3.8) is 0 Å². The molecule has 0 bridgehead atoms. The summed E-state index contributed by atoms with van der Waals surface area (Å²) in [6.07, 6.45) is 0. The molecule has 1 aromatic carbocycles. The number of β-lactam (4-membered cyclic amide) rings is 1. The van der Waals surface area contributed by atoms with E-state index in [0.29, 0.717) is 5.56 Å². The first-order chi connectivity index (χ1) is 12.2. The number of benzene rings is 1. The molecule has 2 aliphatic heterocycles. The number of non-ortho nitro benzene ring substituents is 1. The minimum absolute atomic E-state index is 0.0710. The van der Waals surface area contributed by atoms with E-state index in [-0.39, 0.29) is 24.1 Å². The Balaban J connectivity index is 1.74. The first-order valence-corrected chi connectivity index (χ1v) is 10.2. The monoisotopic (exact) mass is 464 g/mol. The fourth-order valence-corrected chi connectivity index (χ4v) is 6.45. The maximum absolute atomic E-state index is 12.7. The number of esters is 1. The molecule has 2 heterocycles. The van der Waals surface area contributed by atoms with Crippen molar-refractivity contribution in [1.29, 1.82) is 0 Å². The highest BCUT2D eigenvalue weighted by Gasteiger charge is 2.73. The molecule has 2 fully saturated rings. The van der Waals surface area contributed by atoms with Crippen molar-refractivity contribution in [2.45, 2.75) is 34.5 Å². The van der Waals surface area contributed by atoms with E-state index in [1.54, 1.807) is 6.92 Å². The van der Waals surface area contributed by atoms with Crippen LogP contribution in [-0.4, -0.2) is 53.1 Å². The van der Waals surface area contributed by atoms with Gasteiger partial charge in [0.25, 0.3) is 5.69 Å². The molecular weight excluding hydrogens is 452 g/mol. The zero-order valence-corrected chi connectivity index (χ0v) is 16.6. The summed E-state index contributed by atoms with van der Waals surface area (Å²) < 4.78 is 16.9. The van der Waals surface area contributed by atoms with Crippen LogP contribution >= 0.6 is 27.5 Å². The van der Waals surface area contributed by atoms with Crippen molar-refractivity contribution < 1.29 is 23.8 Å². The maximum atomic E-state index is 12.7. The van der Waals surface area contributed by atoms with Crippen molar-refractivity contribution >= 4 is 56.3 Å². The van der Waals surface area contributed by atoms with Gasteiger partial charge in [0.1, 0.15) is 6.61 Å². The summed E-state index contributed by atoms with van der Waals surface area (Å²) in [4.78, 5) is 35.5. The smallest absolute Gasteiger partial charge is 0.334 e. The molecule has 1 amide bonds. The minimum Gasteiger partial charge on any atom is -0.614 e. The molecule has 2 saturated heterocycles. The van der Waals surface area contributed by atoms with E-state index >= 15 is 0 Å². The molecule has 0 radical (unpaired) electrons. The summed E-state index contributed by atoms with van der Waals surface area (Å²) in [5.74, 6) is -1.10. The summed E-state index contributed by atoms with van der Waals surface area (Å²) in [7, 11) is 0. The van der Waals surface area contributed by atoms with Crippen molar-refractivity contribution in [3.8, 4) is 0 Å². The lowest BCUT2D eigenvalue weighted by molar-refractivity contribution is -0.384. The Hall–Kier alpha value is -1.36. The minimum atomic E-state index is -1.52. The lowest BCUT2D eigenvalue weighted by atomic mass is 9.98. The van der Waals surface area contributed by atoms with Gasteiger partial charge in [0, 0.05) is 12.1 Å². The largest absolute Gasteiger partial charge is 0.614 e. The number of alkyl halides is 2. The SMILES string of the molecule is C[C@]1(CCl)[C@H](C(=O)OCc2ccc([N+](=O)[O-])cc2)N2C(=O)C(Br)[C@@H]2[S+]1[O-]. The van der Waals surface area contributed by atoms with Crippen LogP contribution in [0.2, 0.25) is 0 Å². The Morgan fingerprint density at radius 3 is 2.62 bits per heavy atom. The number of halogens is 2. The lowest BCUT2D eigenvalue weighted by Gasteiger charge is -2.38. The number of amides is 1. The number of carbonyl (C=O) groups excluding carboxylic acids is 2. The number of hydrogen-bond acceptors (Lipinski definition) is 6. The van der Waals surface area contributed by atoms with Gasteiger partial charge < -0.3 is 9.29 Å². The van der Waals surface area contributed by atoms with Gasteiger partial charge in [-0.2, -0.15) is 0 Å². The molecule has 0 saturated carbocycles. The van der Waals surface area contributed by atoms with E-state index < -0.39 is 43.1 Å². The van der Waals surface area contributed by atoms with Gasteiger partial charge in [-0.15, -0.1) is 11.6 Å². The van der Waals surface area contributed by atoms with E-state index in [2.05, 4.69) is 15.9 Å². The Kier molecular flexibility index (Phi) is 5.22. The summed E-state index contributed by atoms with van der Waals surface area (Å²) in [6, 6.07) is 4.53. The Morgan fingerprint density at radius 2 is 2.08 bits per heavy atom. The zero-order valence-electron chi connectivity index (χ0n) is 13.5. The zero-order chi connectivity index (χ0) is 19.2. The van der Waals surface area contributed by atoms with Crippen molar-refractivity contribution in [3.05, 3.63) is 39.9 Å². The van der Waals surface area contributed by atoms with E-state index in [4.69, 9.17) is 16.3 Å². The molecule has 0 N–H and O–H groups in total. The average molecular weight is 466 g/mol. The third-order valence-corrected chi connectivity index (χ3v) is 8.75. The second-order valence-corrected chi connectivity index (χ2v) is 9.48. The number of nitro benzene ring substituents is 1. The quantitative estimate of drug-likeness (QED) is 0.163. The van der Waals surface area contributed by atoms with Crippen molar-refractivity contribution in [1.82, 2.24) is 4.90 Å². The van der Waals surface area contributed by atoms with E-state index in [1.165, 1.54) is 29.2 Å². The fourth-order valence-electron chi connectivity index (χ4n) is 3.05. The van der Waals surface area contributed by atoms with Crippen LogP contribution in [0.15, 0.2) is 24.3 Å². The summed E-state index contributed by atoms with van der Waals surface area (Å²) >= 11 is 7.65. The van der Waals surface area contributed by atoms with E-state index in [9.17, 15) is 24.3 Å². The van der Waals surface area contributed by atoms with Gasteiger partial charge in [0.15, 0.2) is 15.6 Å². The molecule has 1 aromatic rings. The van der Waals surface area contributed by atoms with E-state index in [0.717, 1.165) is 0 Å². The molecule has 0 spiro atoms. The van der Waals surface area contributed by atoms with Gasteiger partial charge in [-0.25, -0.2) is 4.79 Å². The van der Waals surface area contributed by atoms with Gasteiger partial charge in [0.05, 0.1) is 10.8 Å². The number of nitro groups is 1. The van der Waals surface area contributed by atoms with Gasteiger partial charge in [-0.1, -0.05) is 15.9 Å². The summed E-state index contributed by atoms with van der Waals surface area (Å²) in [5.41, 5.74) is 0.485. The number of ether oxygens (including phenoxy) is 1.